The molecule has 1 aliphatic rings. The molecule has 1 aliphatic heterocycles. The van der Waals surface area contributed by atoms with Crippen LogP contribution in [0, 0.1) is 5.41 Å². The van der Waals surface area contributed by atoms with Crippen molar-refractivity contribution in [1.29, 1.82) is 0 Å². The topological polar surface area (TPSA) is 98.9 Å². The van der Waals surface area contributed by atoms with Gasteiger partial charge in [0.25, 0.3) is 0 Å². The van der Waals surface area contributed by atoms with Gasteiger partial charge in [0.2, 0.25) is 15.9 Å². The summed E-state index contributed by atoms with van der Waals surface area (Å²) in [4.78, 5) is 11.9. The van der Waals surface area contributed by atoms with E-state index in [1.165, 1.54) is 17.5 Å². The van der Waals surface area contributed by atoms with Crippen LogP contribution >= 0.6 is 0 Å². The number of nitrogens with two attached hydrogens (primary N) is 1. The van der Waals surface area contributed by atoms with Crippen LogP contribution in [-0.4, -0.2) is 45.4 Å². The van der Waals surface area contributed by atoms with E-state index in [-0.39, 0.29) is 24.5 Å². The minimum atomic E-state index is -3.74. The third-order valence-electron chi connectivity index (χ3n) is 5.14. The molecule has 1 amide bonds. The van der Waals surface area contributed by atoms with Gasteiger partial charge in [0.15, 0.2) is 0 Å². The van der Waals surface area contributed by atoms with Crippen molar-refractivity contribution in [3.63, 3.8) is 0 Å². The van der Waals surface area contributed by atoms with E-state index in [1.807, 2.05) is 30.3 Å². The monoisotopic (exact) mass is 418 g/mol. The Morgan fingerprint density at radius 2 is 1.86 bits per heavy atom. The fourth-order valence-electron chi connectivity index (χ4n) is 3.71. The number of nitrogens with zero attached hydrogens (tertiary/aromatic N) is 1. The summed E-state index contributed by atoms with van der Waals surface area (Å²) in [6, 6.07) is 15.6. The molecule has 1 saturated heterocycles. The Hall–Kier alpha value is -2.58. The molecule has 3 rings (SSSR count). The summed E-state index contributed by atoms with van der Waals surface area (Å²) in [5.74, 6) is 0.672. The van der Waals surface area contributed by atoms with Gasteiger partial charge in [-0.15, -0.1) is 0 Å². The number of piperidine rings is 1. The molecule has 156 valence electrons. The van der Waals surface area contributed by atoms with Crippen LogP contribution in [0.1, 0.15) is 19.3 Å². The average Bonchev–Trinajstić information content (AvgIpc) is 2.73. The lowest BCUT2D eigenvalue weighted by Crippen LogP contribution is -2.50. The highest BCUT2D eigenvalue weighted by molar-refractivity contribution is 7.89. The largest absolute Gasteiger partial charge is 0.497 e. The first-order valence-electron chi connectivity index (χ1n) is 9.45. The molecular weight excluding hydrogens is 392 g/mol. The summed E-state index contributed by atoms with van der Waals surface area (Å²) in [6.45, 7) is 0.762. The van der Waals surface area contributed by atoms with E-state index in [0.29, 0.717) is 30.9 Å². The van der Waals surface area contributed by atoms with Gasteiger partial charge in [-0.05, 0) is 37.1 Å². The van der Waals surface area contributed by atoms with Crippen LogP contribution in [0.25, 0.3) is 0 Å². The second-order valence-corrected chi connectivity index (χ2v) is 9.30. The van der Waals surface area contributed by atoms with Crippen molar-refractivity contribution in [2.24, 2.45) is 11.1 Å². The molecule has 1 atom stereocenters. The second-order valence-electron chi connectivity index (χ2n) is 7.37. The molecule has 1 heterocycles. The van der Waals surface area contributed by atoms with E-state index in [1.54, 1.807) is 18.2 Å². The minimum Gasteiger partial charge on any atom is -0.497 e. The van der Waals surface area contributed by atoms with E-state index >= 15 is 0 Å². The third kappa shape index (κ3) is 5.07. The standard InChI is InChI=1S/C21H26N2O5S/c1-27-18-9-5-10-19(13-18)29(25,26)23-12-6-11-21(15-23,14-20(22)24)16-28-17-7-3-2-4-8-17/h2-5,7-10,13H,6,11-12,14-16H2,1H3,(H2,22,24). The molecule has 1 unspecified atom stereocenters. The van der Waals surface area contributed by atoms with Crippen molar-refractivity contribution >= 4 is 15.9 Å². The van der Waals surface area contributed by atoms with Gasteiger partial charge >= 0.3 is 0 Å². The molecule has 0 radical (unpaired) electrons. The zero-order chi connectivity index (χ0) is 20.9. The van der Waals surface area contributed by atoms with E-state index in [9.17, 15) is 13.2 Å². The van der Waals surface area contributed by atoms with Gasteiger partial charge in [-0.1, -0.05) is 24.3 Å². The van der Waals surface area contributed by atoms with Gasteiger partial charge in [0.1, 0.15) is 11.5 Å². The smallest absolute Gasteiger partial charge is 0.243 e. The van der Waals surface area contributed by atoms with Crippen molar-refractivity contribution in [2.45, 2.75) is 24.2 Å². The van der Waals surface area contributed by atoms with Crippen LogP contribution in [-0.2, 0) is 14.8 Å². The Balaban J connectivity index is 1.84. The van der Waals surface area contributed by atoms with Gasteiger partial charge in [-0.3, -0.25) is 4.79 Å². The van der Waals surface area contributed by atoms with Crippen molar-refractivity contribution in [1.82, 2.24) is 4.31 Å². The van der Waals surface area contributed by atoms with Crippen LogP contribution in [0.4, 0.5) is 0 Å². The molecule has 7 nitrogen and oxygen atoms in total. The summed E-state index contributed by atoms with van der Waals surface area (Å²) in [6.07, 6.45) is 1.34. The summed E-state index contributed by atoms with van der Waals surface area (Å²) < 4.78 is 38.9. The maximum absolute atomic E-state index is 13.2. The molecule has 2 aromatic rings. The maximum atomic E-state index is 13.2. The number of benzene rings is 2. The highest BCUT2D eigenvalue weighted by Gasteiger charge is 2.42. The van der Waals surface area contributed by atoms with Gasteiger partial charge in [0, 0.05) is 31.0 Å². The molecule has 0 aliphatic carbocycles. The highest BCUT2D eigenvalue weighted by Crippen LogP contribution is 2.37. The Bertz CT molecular complexity index is 949. The van der Waals surface area contributed by atoms with Crippen LogP contribution in [0.5, 0.6) is 11.5 Å². The molecule has 0 bridgehead atoms. The zero-order valence-electron chi connectivity index (χ0n) is 16.4. The van der Waals surface area contributed by atoms with Crippen molar-refractivity contribution in [3.8, 4) is 11.5 Å². The molecule has 0 saturated carbocycles. The Kier molecular flexibility index (Phi) is 6.44. The lowest BCUT2D eigenvalue weighted by molar-refractivity contribution is -0.121. The Morgan fingerprint density at radius 1 is 1.14 bits per heavy atom. The van der Waals surface area contributed by atoms with Crippen LogP contribution in [0.2, 0.25) is 0 Å². The number of rotatable bonds is 8. The predicted molar refractivity (Wildman–Crippen MR) is 109 cm³/mol. The SMILES string of the molecule is COc1cccc(S(=O)(=O)N2CCCC(COc3ccccc3)(CC(N)=O)C2)c1. The summed E-state index contributed by atoms with van der Waals surface area (Å²) in [5.41, 5.74) is 4.83. The van der Waals surface area contributed by atoms with E-state index in [0.717, 1.165) is 0 Å². The fourth-order valence-corrected chi connectivity index (χ4v) is 5.34. The summed E-state index contributed by atoms with van der Waals surface area (Å²) in [5, 5.41) is 0. The van der Waals surface area contributed by atoms with Crippen LogP contribution in [0.15, 0.2) is 59.5 Å². The first kappa shape index (κ1) is 21.1. The summed E-state index contributed by atoms with van der Waals surface area (Å²) in [7, 11) is -2.25. The van der Waals surface area contributed by atoms with E-state index < -0.39 is 21.3 Å². The van der Waals surface area contributed by atoms with Gasteiger partial charge in [0.05, 0.1) is 18.6 Å². The number of primary amides is 1. The highest BCUT2D eigenvalue weighted by atomic mass is 32.2. The predicted octanol–water partition coefficient (Wildman–Crippen LogP) is 2.42. The molecular formula is C21H26N2O5S. The van der Waals surface area contributed by atoms with Crippen LogP contribution in [0.3, 0.4) is 0 Å². The number of hydrogen-bond acceptors (Lipinski definition) is 5. The second kappa shape index (κ2) is 8.84. The van der Waals surface area contributed by atoms with Crippen molar-refractivity contribution in [3.05, 3.63) is 54.6 Å². The lowest BCUT2D eigenvalue weighted by Gasteiger charge is -2.41. The Morgan fingerprint density at radius 3 is 2.55 bits per heavy atom. The molecule has 2 aromatic carbocycles. The first-order chi connectivity index (χ1) is 13.8. The quantitative estimate of drug-likeness (QED) is 0.710. The number of ether oxygens (including phenoxy) is 2. The zero-order valence-corrected chi connectivity index (χ0v) is 17.2. The number of carbonyl (C=O) groups is 1. The molecule has 2 N–H and O–H groups in total. The molecule has 29 heavy (non-hydrogen) atoms. The lowest BCUT2D eigenvalue weighted by atomic mass is 9.78. The van der Waals surface area contributed by atoms with E-state index in [2.05, 4.69) is 0 Å². The third-order valence-corrected chi connectivity index (χ3v) is 6.98. The van der Waals surface area contributed by atoms with Crippen molar-refractivity contribution in [2.75, 3.05) is 26.8 Å². The van der Waals surface area contributed by atoms with Gasteiger partial charge in [-0.2, -0.15) is 4.31 Å². The number of carbonyl (C=O) groups excluding carboxylic acids is 1. The van der Waals surface area contributed by atoms with Crippen molar-refractivity contribution < 1.29 is 22.7 Å². The molecule has 1 fully saturated rings. The number of hydrogen-bond donors (Lipinski definition) is 1. The Labute approximate surface area is 171 Å². The van der Waals surface area contributed by atoms with Crippen LogP contribution < -0.4 is 15.2 Å². The average molecular weight is 419 g/mol. The fraction of sp³-hybridized carbons (Fsp3) is 0.381. The molecule has 0 aromatic heterocycles. The molecule has 8 heteroatoms. The minimum absolute atomic E-state index is 0.0595. The van der Waals surface area contributed by atoms with Gasteiger partial charge in [-0.25, -0.2) is 8.42 Å². The van der Waals surface area contributed by atoms with Gasteiger partial charge < -0.3 is 15.2 Å². The number of para-hydroxylation sites is 1. The summed E-state index contributed by atoms with van der Waals surface area (Å²) >= 11 is 0. The normalized spacial score (nSPS) is 20.2. The number of methoxy groups -OCH3 is 1. The van der Waals surface area contributed by atoms with E-state index in [4.69, 9.17) is 15.2 Å². The number of amides is 1. The molecule has 0 spiro atoms. The first-order valence-corrected chi connectivity index (χ1v) is 10.9. The maximum Gasteiger partial charge on any atom is 0.243 e. The number of sulfonamides is 1.